The molecule has 1 rings (SSSR count). The van der Waals surface area contributed by atoms with E-state index >= 15 is 0 Å². The van der Waals surface area contributed by atoms with Gasteiger partial charge in [-0.05, 0) is 12.0 Å². The molecule has 0 aromatic carbocycles. The first-order valence-corrected chi connectivity index (χ1v) is 7.72. The summed E-state index contributed by atoms with van der Waals surface area (Å²) in [6.45, 7) is 5.51. The van der Waals surface area contributed by atoms with Gasteiger partial charge < -0.3 is 4.84 Å². The third-order valence-electron chi connectivity index (χ3n) is 2.60. The zero-order valence-electron chi connectivity index (χ0n) is 12.2. The number of pyridine rings is 1. The molecule has 7 heteroatoms. The molecule has 0 spiro atoms. The topological polar surface area (TPSA) is 99.1 Å². The van der Waals surface area contributed by atoms with E-state index in [0.717, 1.165) is 5.69 Å². The molecule has 0 aliphatic carbocycles. The maximum absolute atomic E-state index is 12.1. The standard InChI is InChI=1S/C14H16N4O2S/c1-4-21(19)13-7-11(9-17-14(13)10(2)3)12(8-16)18-20-6-5-15/h7,9-10H,4,6H2,1-3H3/b18-12+. The molecule has 1 heterocycles. The monoisotopic (exact) mass is 304 g/mol. The molecule has 0 N–H and O–H groups in total. The van der Waals surface area contributed by atoms with Gasteiger partial charge in [0.1, 0.15) is 12.1 Å². The van der Waals surface area contributed by atoms with Gasteiger partial charge >= 0.3 is 0 Å². The molecule has 1 aromatic rings. The second-order valence-electron chi connectivity index (χ2n) is 4.38. The van der Waals surface area contributed by atoms with Crippen LogP contribution in [0.1, 0.15) is 37.9 Å². The average Bonchev–Trinajstić information content (AvgIpc) is 2.50. The Balaban J connectivity index is 3.27. The molecule has 1 aromatic heterocycles. The fourth-order valence-corrected chi connectivity index (χ4v) is 2.71. The van der Waals surface area contributed by atoms with Crippen molar-refractivity contribution >= 4 is 16.5 Å². The zero-order valence-corrected chi connectivity index (χ0v) is 13.0. The maximum Gasteiger partial charge on any atom is 0.202 e. The highest BCUT2D eigenvalue weighted by Crippen LogP contribution is 2.22. The van der Waals surface area contributed by atoms with E-state index in [-0.39, 0.29) is 18.2 Å². The summed E-state index contributed by atoms with van der Waals surface area (Å²) in [5.74, 6) is 0.594. The summed E-state index contributed by atoms with van der Waals surface area (Å²) in [5, 5.41) is 21.1. The van der Waals surface area contributed by atoms with Crippen molar-refractivity contribution < 1.29 is 9.05 Å². The molecule has 0 saturated heterocycles. The highest BCUT2D eigenvalue weighted by atomic mass is 32.2. The van der Waals surface area contributed by atoms with Crippen LogP contribution < -0.4 is 0 Å². The van der Waals surface area contributed by atoms with E-state index in [1.165, 1.54) is 6.20 Å². The highest BCUT2D eigenvalue weighted by molar-refractivity contribution is 7.85. The molecular formula is C14H16N4O2S. The van der Waals surface area contributed by atoms with Gasteiger partial charge in [-0.3, -0.25) is 9.19 Å². The number of nitriles is 2. The van der Waals surface area contributed by atoms with Crippen LogP contribution in [0.5, 0.6) is 0 Å². The van der Waals surface area contributed by atoms with Gasteiger partial charge in [0.05, 0.1) is 21.4 Å². The van der Waals surface area contributed by atoms with Crippen LogP contribution in [0.4, 0.5) is 0 Å². The van der Waals surface area contributed by atoms with E-state index in [1.807, 2.05) is 26.8 Å². The second kappa shape index (κ2) is 8.13. The Hall–Kier alpha value is -2.25. The Labute approximate surface area is 126 Å². The number of aromatic nitrogens is 1. The largest absolute Gasteiger partial charge is 0.379 e. The smallest absolute Gasteiger partial charge is 0.202 e. The van der Waals surface area contributed by atoms with Crippen molar-refractivity contribution in [2.75, 3.05) is 12.4 Å². The van der Waals surface area contributed by atoms with Gasteiger partial charge in [-0.25, -0.2) is 0 Å². The maximum atomic E-state index is 12.1. The van der Waals surface area contributed by atoms with E-state index in [2.05, 4.69) is 10.1 Å². The minimum Gasteiger partial charge on any atom is -0.379 e. The first-order chi connectivity index (χ1) is 10.0. The molecule has 1 unspecified atom stereocenters. The summed E-state index contributed by atoms with van der Waals surface area (Å²) in [6.07, 6.45) is 1.50. The van der Waals surface area contributed by atoms with Crippen LogP contribution in [0.25, 0.3) is 0 Å². The summed E-state index contributed by atoms with van der Waals surface area (Å²) in [7, 11) is -1.18. The Morgan fingerprint density at radius 1 is 1.52 bits per heavy atom. The van der Waals surface area contributed by atoms with Gasteiger partial charge in [-0.2, -0.15) is 10.5 Å². The normalized spacial score (nSPS) is 12.6. The molecule has 0 saturated carbocycles. The molecule has 1 atom stereocenters. The molecular weight excluding hydrogens is 288 g/mol. The molecule has 110 valence electrons. The van der Waals surface area contributed by atoms with Crippen LogP contribution in [-0.2, 0) is 15.6 Å². The van der Waals surface area contributed by atoms with Gasteiger partial charge in [0.15, 0.2) is 5.71 Å². The van der Waals surface area contributed by atoms with E-state index in [4.69, 9.17) is 15.4 Å². The van der Waals surface area contributed by atoms with Crippen LogP contribution in [0.3, 0.4) is 0 Å². The number of rotatable bonds is 6. The van der Waals surface area contributed by atoms with Gasteiger partial charge in [0.25, 0.3) is 0 Å². The molecule has 0 aliphatic rings. The van der Waals surface area contributed by atoms with Gasteiger partial charge in [0.2, 0.25) is 6.61 Å². The predicted molar refractivity (Wildman–Crippen MR) is 79.0 cm³/mol. The second-order valence-corrected chi connectivity index (χ2v) is 6.09. The summed E-state index contributed by atoms with van der Waals surface area (Å²) in [4.78, 5) is 9.60. The summed E-state index contributed by atoms with van der Waals surface area (Å²) >= 11 is 0. The van der Waals surface area contributed by atoms with Crippen molar-refractivity contribution in [1.29, 1.82) is 10.5 Å². The lowest BCUT2D eigenvalue weighted by atomic mass is 10.1. The van der Waals surface area contributed by atoms with Crippen LogP contribution in [0, 0.1) is 22.7 Å². The molecule has 0 radical (unpaired) electrons. The molecule has 21 heavy (non-hydrogen) atoms. The van der Waals surface area contributed by atoms with Crippen LogP contribution in [-0.4, -0.2) is 27.3 Å². The predicted octanol–water partition coefficient (Wildman–Crippen LogP) is 2.10. The SMILES string of the molecule is CCS(=O)c1cc(/C(C#N)=N/OCC#N)cnc1C(C)C. The molecule has 0 amide bonds. The van der Waals surface area contributed by atoms with Gasteiger partial charge in [0, 0.05) is 17.5 Å². The lowest BCUT2D eigenvalue weighted by Crippen LogP contribution is -2.08. The average molecular weight is 304 g/mol. The van der Waals surface area contributed by atoms with Crippen molar-refractivity contribution in [3.8, 4) is 12.1 Å². The van der Waals surface area contributed by atoms with E-state index in [1.54, 1.807) is 12.1 Å². The molecule has 0 bridgehead atoms. The fourth-order valence-electron chi connectivity index (χ4n) is 1.62. The van der Waals surface area contributed by atoms with E-state index in [0.29, 0.717) is 16.2 Å². The third-order valence-corrected chi connectivity index (χ3v) is 3.94. The van der Waals surface area contributed by atoms with Crippen LogP contribution in [0.2, 0.25) is 0 Å². The Morgan fingerprint density at radius 2 is 2.24 bits per heavy atom. The summed E-state index contributed by atoms with van der Waals surface area (Å²) in [6, 6.07) is 5.30. The van der Waals surface area contributed by atoms with Gasteiger partial charge in [-0.1, -0.05) is 25.9 Å². The molecule has 0 aliphatic heterocycles. The van der Waals surface area contributed by atoms with Crippen LogP contribution >= 0.6 is 0 Å². The van der Waals surface area contributed by atoms with Crippen molar-refractivity contribution in [3.05, 3.63) is 23.5 Å². The Bertz CT molecular complexity index is 641. The number of oxime groups is 1. The number of hydrogen-bond donors (Lipinski definition) is 0. The Kier molecular flexibility index (Phi) is 6.51. The third kappa shape index (κ3) is 4.37. The van der Waals surface area contributed by atoms with Crippen LogP contribution in [0.15, 0.2) is 22.3 Å². The van der Waals surface area contributed by atoms with Crippen molar-refractivity contribution in [3.63, 3.8) is 0 Å². The first kappa shape index (κ1) is 16.8. The van der Waals surface area contributed by atoms with E-state index in [9.17, 15) is 4.21 Å². The number of nitrogens with zero attached hydrogens (tertiary/aromatic N) is 4. The highest BCUT2D eigenvalue weighted by Gasteiger charge is 2.16. The minimum absolute atomic E-state index is 0.00223. The Morgan fingerprint density at radius 3 is 2.76 bits per heavy atom. The fraction of sp³-hybridized carbons (Fsp3) is 0.429. The molecule has 0 fully saturated rings. The van der Waals surface area contributed by atoms with Crippen molar-refractivity contribution in [2.45, 2.75) is 31.6 Å². The summed E-state index contributed by atoms with van der Waals surface area (Å²) in [5.41, 5.74) is 1.17. The summed E-state index contributed by atoms with van der Waals surface area (Å²) < 4.78 is 12.1. The lowest BCUT2D eigenvalue weighted by Gasteiger charge is -2.11. The zero-order chi connectivity index (χ0) is 15.8. The van der Waals surface area contributed by atoms with Gasteiger partial charge in [-0.15, -0.1) is 0 Å². The van der Waals surface area contributed by atoms with E-state index < -0.39 is 10.8 Å². The van der Waals surface area contributed by atoms with Crippen molar-refractivity contribution in [2.24, 2.45) is 5.16 Å². The molecule has 6 nitrogen and oxygen atoms in total. The first-order valence-electron chi connectivity index (χ1n) is 6.40. The van der Waals surface area contributed by atoms with Crippen molar-refractivity contribution in [1.82, 2.24) is 4.98 Å². The lowest BCUT2D eigenvalue weighted by molar-refractivity contribution is 0.179. The quantitative estimate of drug-likeness (QED) is 0.455. The number of hydrogen-bond acceptors (Lipinski definition) is 6. The minimum atomic E-state index is -1.18.